The molecule has 0 aliphatic carbocycles. The molecule has 0 bridgehead atoms. The van der Waals surface area contributed by atoms with Crippen LogP contribution in [0.4, 0.5) is 17.6 Å². The highest BCUT2D eigenvalue weighted by atomic mass is 19.2. The van der Waals surface area contributed by atoms with E-state index < -0.39 is 46.8 Å². The zero-order valence-corrected chi connectivity index (χ0v) is 11.1. The van der Waals surface area contributed by atoms with Gasteiger partial charge in [0.25, 0.3) is 5.91 Å². The van der Waals surface area contributed by atoms with Gasteiger partial charge >= 0.3 is 5.97 Å². The van der Waals surface area contributed by atoms with E-state index >= 15 is 0 Å². The van der Waals surface area contributed by atoms with Crippen molar-refractivity contribution in [2.75, 3.05) is 0 Å². The number of carboxylic acids is 1. The molecule has 1 unspecified atom stereocenters. The minimum absolute atomic E-state index is 0.103. The lowest BCUT2D eigenvalue weighted by Crippen LogP contribution is -2.33. The molecule has 0 radical (unpaired) electrons. The summed E-state index contributed by atoms with van der Waals surface area (Å²) in [5.74, 6) is -9.59. The molecule has 2 N–H and O–H groups in total. The zero-order valence-electron chi connectivity index (χ0n) is 11.1. The van der Waals surface area contributed by atoms with E-state index in [-0.39, 0.29) is 25.3 Å². The molecule has 1 aromatic carbocycles. The fraction of sp³-hybridized carbons (Fsp3) is 0.385. The number of benzene rings is 1. The van der Waals surface area contributed by atoms with Crippen molar-refractivity contribution in [3.8, 4) is 0 Å². The van der Waals surface area contributed by atoms with Crippen LogP contribution in [-0.4, -0.2) is 23.0 Å². The van der Waals surface area contributed by atoms with Gasteiger partial charge in [-0.2, -0.15) is 0 Å². The lowest BCUT2D eigenvalue weighted by atomic mass is 10.1. The Bertz CT molecular complexity index is 563. The largest absolute Gasteiger partial charge is 0.481 e. The molecule has 0 aliphatic heterocycles. The van der Waals surface area contributed by atoms with Gasteiger partial charge in [0.1, 0.15) is 0 Å². The second kappa shape index (κ2) is 7.05. The molecule has 0 saturated carbocycles. The van der Waals surface area contributed by atoms with E-state index in [1.165, 1.54) is 6.92 Å². The highest BCUT2D eigenvalue weighted by Gasteiger charge is 2.23. The van der Waals surface area contributed by atoms with Crippen LogP contribution in [0.25, 0.3) is 0 Å². The number of hydrogen-bond donors (Lipinski definition) is 2. The van der Waals surface area contributed by atoms with E-state index in [2.05, 4.69) is 5.32 Å². The quantitative estimate of drug-likeness (QED) is 0.482. The van der Waals surface area contributed by atoms with Crippen LogP contribution >= 0.6 is 0 Å². The molecular weight excluding hydrogens is 294 g/mol. The van der Waals surface area contributed by atoms with Gasteiger partial charge in [-0.15, -0.1) is 0 Å². The Labute approximate surface area is 117 Å². The molecule has 0 aromatic heterocycles. The molecule has 1 aromatic rings. The minimum Gasteiger partial charge on any atom is -0.481 e. The van der Waals surface area contributed by atoms with E-state index in [9.17, 15) is 27.2 Å². The number of aliphatic carboxylic acids is 1. The number of carbonyl (C=O) groups is 2. The van der Waals surface area contributed by atoms with Gasteiger partial charge in [-0.3, -0.25) is 9.59 Å². The Morgan fingerprint density at radius 3 is 2.38 bits per heavy atom. The molecule has 4 nitrogen and oxygen atoms in total. The fourth-order valence-electron chi connectivity index (χ4n) is 1.67. The van der Waals surface area contributed by atoms with Crippen LogP contribution in [0.3, 0.4) is 0 Å². The fourth-order valence-corrected chi connectivity index (χ4v) is 1.67. The Morgan fingerprint density at radius 1 is 1.19 bits per heavy atom. The molecule has 0 heterocycles. The Balaban J connectivity index is 2.74. The predicted molar refractivity (Wildman–Crippen MR) is 64.7 cm³/mol. The number of rotatable bonds is 6. The van der Waals surface area contributed by atoms with Crippen LogP contribution in [0.2, 0.25) is 0 Å². The maximum atomic E-state index is 13.4. The van der Waals surface area contributed by atoms with Gasteiger partial charge in [-0.25, -0.2) is 17.6 Å². The van der Waals surface area contributed by atoms with Crippen molar-refractivity contribution in [1.82, 2.24) is 5.32 Å². The topological polar surface area (TPSA) is 66.4 Å². The second-order valence-corrected chi connectivity index (χ2v) is 4.51. The smallest absolute Gasteiger partial charge is 0.303 e. The van der Waals surface area contributed by atoms with Crippen LogP contribution in [-0.2, 0) is 4.79 Å². The average Bonchev–Trinajstić information content (AvgIpc) is 2.39. The Kier molecular flexibility index (Phi) is 5.69. The Morgan fingerprint density at radius 2 is 1.81 bits per heavy atom. The van der Waals surface area contributed by atoms with Gasteiger partial charge in [0.15, 0.2) is 23.3 Å². The molecule has 0 aliphatic rings. The summed E-state index contributed by atoms with van der Waals surface area (Å²) in [6.45, 7) is 1.52. The van der Waals surface area contributed by atoms with Gasteiger partial charge in [-0.1, -0.05) is 0 Å². The van der Waals surface area contributed by atoms with Gasteiger partial charge in [-0.05, 0) is 25.8 Å². The lowest BCUT2D eigenvalue weighted by molar-refractivity contribution is -0.137. The highest BCUT2D eigenvalue weighted by Crippen LogP contribution is 2.18. The van der Waals surface area contributed by atoms with E-state index in [4.69, 9.17) is 5.11 Å². The number of carboxylic acid groups (broad SMARTS) is 1. The summed E-state index contributed by atoms with van der Waals surface area (Å²) < 4.78 is 52.1. The SMILES string of the molecule is CC(CCCC(=O)O)NC(=O)c1cc(F)c(F)c(F)c1F. The van der Waals surface area contributed by atoms with Crippen molar-refractivity contribution < 1.29 is 32.3 Å². The molecular formula is C13H13F4NO3. The first-order valence-corrected chi connectivity index (χ1v) is 6.09. The van der Waals surface area contributed by atoms with Crippen molar-refractivity contribution in [3.05, 3.63) is 34.9 Å². The molecule has 1 rings (SSSR count). The summed E-state index contributed by atoms with van der Waals surface area (Å²) in [6, 6.07) is -0.264. The summed E-state index contributed by atoms with van der Waals surface area (Å²) >= 11 is 0. The zero-order chi connectivity index (χ0) is 16.2. The Hall–Kier alpha value is -2.12. The van der Waals surface area contributed by atoms with E-state index in [0.717, 1.165) is 0 Å². The molecule has 116 valence electrons. The molecule has 21 heavy (non-hydrogen) atoms. The highest BCUT2D eigenvalue weighted by molar-refractivity contribution is 5.94. The predicted octanol–water partition coefficient (Wildman–Crippen LogP) is 2.62. The summed E-state index contributed by atoms with van der Waals surface area (Å²) in [7, 11) is 0. The van der Waals surface area contributed by atoms with E-state index in [0.29, 0.717) is 0 Å². The average molecular weight is 307 g/mol. The minimum atomic E-state index is -2.06. The van der Waals surface area contributed by atoms with Crippen molar-refractivity contribution in [2.24, 2.45) is 0 Å². The summed E-state index contributed by atoms with van der Waals surface area (Å²) in [4.78, 5) is 22.0. The van der Waals surface area contributed by atoms with Crippen molar-refractivity contribution in [1.29, 1.82) is 0 Å². The van der Waals surface area contributed by atoms with Crippen LogP contribution < -0.4 is 5.32 Å². The first-order valence-electron chi connectivity index (χ1n) is 6.09. The van der Waals surface area contributed by atoms with Gasteiger partial charge < -0.3 is 10.4 Å². The van der Waals surface area contributed by atoms with Crippen LogP contribution in [0.15, 0.2) is 6.07 Å². The monoisotopic (exact) mass is 307 g/mol. The lowest BCUT2D eigenvalue weighted by Gasteiger charge is -2.14. The summed E-state index contributed by atoms with van der Waals surface area (Å²) in [5, 5.41) is 10.7. The van der Waals surface area contributed by atoms with E-state index in [1.54, 1.807) is 0 Å². The number of halogens is 4. The van der Waals surface area contributed by atoms with Crippen LogP contribution in [0.1, 0.15) is 36.5 Å². The third kappa shape index (κ3) is 4.44. The third-order valence-electron chi connectivity index (χ3n) is 2.75. The molecule has 0 saturated heterocycles. The second-order valence-electron chi connectivity index (χ2n) is 4.51. The molecule has 1 atom stereocenters. The van der Waals surface area contributed by atoms with Crippen LogP contribution in [0.5, 0.6) is 0 Å². The number of carbonyl (C=O) groups excluding carboxylic acids is 1. The maximum Gasteiger partial charge on any atom is 0.303 e. The summed E-state index contributed by atoms with van der Waals surface area (Å²) in [5.41, 5.74) is -0.948. The maximum absolute atomic E-state index is 13.4. The third-order valence-corrected chi connectivity index (χ3v) is 2.75. The van der Waals surface area contributed by atoms with Crippen LogP contribution in [0, 0.1) is 23.3 Å². The number of hydrogen-bond acceptors (Lipinski definition) is 2. The van der Waals surface area contributed by atoms with Crippen molar-refractivity contribution >= 4 is 11.9 Å². The molecule has 0 spiro atoms. The summed E-state index contributed by atoms with van der Waals surface area (Å²) in [6.07, 6.45) is 0.450. The van der Waals surface area contributed by atoms with Gasteiger partial charge in [0.2, 0.25) is 0 Å². The van der Waals surface area contributed by atoms with Crippen molar-refractivity contribution in [2.45, 2.75) is 32.2 Å². The normalized spacial score (nSPS) is 12.0. The van der Waals surface area contributed by atoms with Crippen molar-refractivity contribution in [3.63, 3.8) is 0 Å². The first kappa shape index (κ1) is 16.9. The molecule has 8 heteroatoms. The number of amides is 1. The first-order chi connectivity index (χ1) is 9.73. The molecule has 0 fully saturated rings. The van der Waals surface area contributed by atoms with E-state index in [1.807, 2.05) is 0 Å². The number of nitrogens with one attached hydrogen (secondary N) is 1. The van der Waals surface area contributed by atoms with Gasteiger partial charge in [0, 0.05) is 12.5 Å². The van der Waals surface area contributed by atoms with Gasteiger partial charge in [0.05, 0.1) is 5.56 Å². The standard InChI is InChI=1S/C13H13F4NO3/c1-6(3-2-4-9(19)20)18-13(21)7-5-8(14)11(16)12(17)10(7)15/h5-6H,2-4H2,1H3,(H,18,21)(H,19,20). The molecule has 1 amide bonds.